The highest BCUT2D eigenvalue weighted by molar-refractivity contribution is 7.99. The number of aromatic amines is 1. The number of hydrogen-bond acceptors (Lipinski definition) is 6. The van der Waals surface area contributed by atoms with E-state index in [4.69, 9.17) is 0 Å². The van der Waals surface area contributed by atoms with Crippen LogP contribution in [0.4, 0.5) is 5.13 Å². The van der Waals surface area contributed by atoms with Crippen LogP contribution in [0.25, 0.3) is 11.3 Å². The van der Waals surface area contributed by atoms with E-state index in [0.717, 1.165) is 23.2 Å². The molecule has 6 nitrogen and oxygen atoms in total. The number of thiazole rings is 1. The predicted molar refractivity (Wildman–Crippen MR) is 144 cm³/mol. The van der Waals surface area contributed by atoms with Crippen molar-refractivity contribution in [2.45, 2.75) is 38.8 Å². The molecule has 4 rings (SSSR count). The average molecular weight is 505 g/mol. The molecule has 2 aromatic heterocycles. The van der Waals surface area contributed by atoms with Crippen LogP contribution in [-0.2, 0) is 17.6 Å². The van der Waals surface area contributed by atoms with E-state index in [9.17, 15) is 9.59 Å². The summed E-state index contributed by atoms with van der Waals surface area (Å²) < 4.78 is 0. The lowest BCUT2D eigenvalue weighted by atomic mass is 10.0. The van der Waals surface area contributed by atoms with E-state index in [1.807, 2.05) is 42.6 Å². The van der Waals surface area contributed by atoms with Crippen molar-refractivity contribution >= 4 is 34.1 Å². The third kappa shape index (κ3) is 6.90. The minimum Gasteiger partial charge on any atom is -0.301 e. The number of carbonyl (C=O) groups is 1. The maximum Gasteiger partial charge on any atom is 0.255 e. The SMILES string of the molecule is Cc1nc(SCC(=O)Nc2nc(-c3ccc(CC(C)C)cc3)cs2)[nH]c(=O)c1Cc1ccccc1. The van der Waals surface area contributed by atoms with Crippen molar-refractivity contribution in [3.8, 4) is 11.3 Å². The molecule has 0 aliphatic rings. The van der Waals surface area contributed by atoms with Crippen LogP contribution in [-0.4, -0.2) is 26.6 Å². The van der Waals surface area contributed by atoms with Gasteiger partial charge < -0.3 is 10.3 Å². The predicted octanol–water partition coefficient (Wildman–Crippen LogP) is 5.72. The summed E-state index contributed by atoms with van der Waals surface area (Å²) in [7, 11) is 0. The number of H-pyrrole nitrogens is 1. The van der Waals surface area contributed by atoms with Gasteiger partial charge in [0.15, 0.2) is 10.3 Å². The Morgan fingerprint density at radius 3 is 2.49 bits per heavy atom. The van der Waals surface area contributed by atoms with E-state index in [0.29, 0.717) is 33.9 Å². The fourth-order valence-electron chi connectivity index (χ4n) is 3.70. The van der Waals surface area contributed by atoms with Crippen LogP contribution in [0.15, 0.2) is 69.9 Å². The minimum atomic E-state index is -0.197. The molecule has 0 fully saturated rings. The van der Waals surface area contributed by atoms with Crippen molar-refractivity contribution < 1.29 is 4.79 Å². The zero-order chi connectivity index (χ0) is 24.8. The molecule has 2 N–H and O–H groups in total. The van der Waals surface area contributed by atoms with Crippen LogP contribution >= 0.6 is 23.1 Å². The van der Waals surface area contributed by atoms with E-state index < -0.39 is 0 Å². The van der Waals surface area contributed by atoms with E-state index in [2.05, 4.69) is 58.4 Å². The van der Waals surface area contributed by atoms with Crippen molar-refractivity contribution in [3.63, 3.8) is 0 Å². The first kappa shape index (κ1) is 24.9. The number of amides is 1. The van der Waals surface area contributed by atoms with Crippen molar-refractivity contribution in [2.75, 3.05) is 11.1 Å². The summed E-state index contributed by atoms with van der Waals surface area (Å²) in [5.74, 6) is 0.542. The zero-order valence-electron chi connectivity index (χ0n) is 20.0. The number of thioether (sulfide) groups is 1. The van der Waals surface area contributed by atoms with Crippen molar-refractivity contribution in [1.29, 1.82) is 0 Å². The average Bonchev–Trinajstić information content (AvgIpc) is 3.29. The summed E-state index contributed by atoms with van der Waals surface area (Å²) in [6, 6.07) is 18.2. The summed E-state index contributed by atoms with van der Waals surface area (Å²) in [5, 5.41) is 5.76. The Bertz CT molecular complexity index is 1350. The lowest BCUT2D eigenvalue weighted by molar-refractivity contribution is -0.113. The van der Waals surface area contributed by atoms with Gasteiger partial charge in [-0.1, -0.05) is 80.2 Å². The second-order valence-electron chi connectivity index (χ2n) is 8.77. The highest BCUT2D eigenvalue weighted by Crippen LogP contribution is 2.26. The number of rotatable bonds is 9. The topological polar surface area (TPSA) is 87.7 Å². The Labute approximate surface area is 213 Å². The number of nitrogens with zero attached hydrogens (tertiary/aromatic N) is 2. The van der Waals surface area contributed by atoms with Crippen LogP contribution < -0.4 is 10.9 Å². The molecule has 0 bridgehead atoms. The molecular formula is C27H28N4O2S2. The minimum absolute atomic E-state index is 0.124. The molecule has 0 spiro atoms. The van der Waals surface area contributed by atoms with E-state index >= 15 is 0 Å². The summed E-state index contributed by atoms with van der Waals surface area (Å²) in [5.41, 5.74) is 5.35. The molecule has 0 saturated heterocycles. The lowest BCUT2D eigenvalue weighted by Gasteiger charge is -2.07. The molecular weight excluding hydrogens is 476 g/mol. The van der Waals surface area contributed by atoms with Gasteiger partial charge >= 0.3 is 0 Å². The molecule has 0 aliphatic carbocycles. The molecule has 8 heteroatoms. The van der Waals surface area contributed by atoms with Gasteiger partial charge in [-0.05, 0) is 30.4 Å². The van der Waals surface area contributed by atoms with Crippen molar-refractivity contribution in [3.05, 3.63) is 92.7 Å². The molecule has 1 amide bonds. The third-order valence-corrected chi connectivity index (χ3v) is 7.04. The number of benzene rings is 2. The van der Waals surface area contributed by atoms with Gasteiger partial charge in [0, 0.05) is 28.6 Å². The first-order valence-electron chi connectivity index (χ1n) is 11.5. The highest BCUT2D eigenvalue weighted by atomic mass is 32.2. The monoisotopic (exact) mass is 504 g/mol. The largest absolute Gasteiger partial charge is 0.301 e. The maximum absolute atomic E-state index is 12.6. The zero-order valence-corrected chi connectivity index (χ0v) is 21.6. The van der Waals surface area contributed by atoms with E-state index in [-0.39, 0.29) is 17.2 Å². The van der Waals surface area contributed by atoms with Gasteiger partial charge in [-0.2, -0.15) is 0 Å². The Balaban J connectivity index is 1.33. The Morgan fingerprint density at radius 1 is 1.06 bits per heavy atom. The molecule has 2 aromatic carbocycles. The number of hydrogen-bond donors (Lipinski definition) is 2. The van der Waals surface area contributed by atoms with E-state index in [1.54, 1.807) is 0 Å². The molecule has 0 saturated carbocycles. The number of aromatic nitrogens is 3. The molecule has 35 heavy (non-hydrogen) atoms. The number of nitrogens with one attached hydrogen (secondary N) is 2. The Kier molecular flexibility index (Phi) is 8.15. The van der Waals surface area contributed by atoms with Crippen LogP contribution in [0, 0.1) is 12.8 Å². The molecule has 0 unspecified atom stereocenters. The maximum atomic E-state index is 12.6. The van der Waals surface area contributed by atoms with Gasteiger partial charge in [-0.3, -0.25) is 9.59 Å². The van der Waals surface area contributed by atoms with Crippen LogP contribution in [0.2, 0.25) is 0 Å². The van der Waals surface area contributed by atoms with Crippen LogP contribution in [0.3, 0.4) is 0 Å². The first-order valence-corrected chi connectivity index (χ1v) is 13.3. The summed E-state index contributed by atoms with van der Waals surface area (Å²) in [6.45, 7) is 6.24. The van der Waals surface area contributed by atoms with Crippen molar-refractivity contribution in [2.24, 2.45) is 5.92 Å². The second kappa shape index (κ2) is 11.5. The summed E-state index contributed by atoms with van der Waals surface area (Å²) in [4.78, 5) is 36.9. The summed E-state index contributed by atoms with van der Waals surface area (Å²) >= 11 is 2.59. The molecule has 0 aliphatic heterocycles. The first-order chi connectivity index (χ1) is 16.9. The van der Waals surface area contributed by atoms with E-state index in [1.165, 1.54) is 28.7 Å². The van der Waals surface area contributed by atoms with Gasteiger partial charge in [-0.15, -0.1) is 11.3 Å². The lowest BCUT2D eigenvalue weighted by Crippen LogP contribution is -2.19. The number of anilines is 1. The standard InChI is InChI=1S/C27H28N4O2S2/c1-17(2)13-20-9-11-21(12-10-20)23-15-34-27(29-23)30-24(32)16-35-26-28-18(3)22(25(33)31-26)14-19-7-5-4-6-8-19/h4-12,15,17H,13-14,16H2,1-3H3,(H,28,31,33)(H,29,30,32). The van der Waals surface area contributed by atoms with Gasteiger partial charge in [0.1, 0.15) is 0 Å². The van der Waals surface area contributed by atoms with Crippen LogP contribution in [0.1, 0.15) is 36.2 Å². The Hall–Kier alpha value is -3.23. The molecule has 0 atom stereocenters. The van der Waals surface area contributed by atoms with Crippen molar-refractivity contribution in [1.82, 2.24) is 15.0 Å². The quantitative estimate of drug-likeness (QED) is 0.225. The Morgan fingerprint density at radius 2 is 1.80 bits per heavy atom. The number of carbonyl (C=O) groups excluding carboxylic acids is 1. The molecule has 0 radical (unpaired) electrons. The van der Waals surface area contributed by atoms with Crippen LogP contribution in [0.5, 0.6) is 0 Å². The van der Waals surface area contributed by atoms with Gasteiger partial charge in [0.25, 0.3) is 5.56 Å². The third-order valence-electron chi connectivity index (χ3n) is 5.41. The number of aryl methyl sites for hydroxylation is 1. The molecule has 180 valence electrons. The van der Waals surface area contributed by atoms with Gasteiger partial charge in [0.2, 0.25) is 5.91 Å². The second-order valence-corrected chi connectivity index (χ2v) is 10.6. The fourth-order valence-corrected chi connectivity index (χ4v) is 5.14. The molecule has 4 aromatic rings. The van der Waals surface area contributed by atoms with Gasteiger partial charge in [-0.25, -0.2) is 9.97 Å². The van der Waals surface area contributed by atoms with Gasteiger partial charge in [0.05, 0.1) is 11.4 Å². The fraction of sp³-hybridized carbons (Fsp3) is 0.259. The highest BCUT2D eigenvalue weighted by Gasteiger charge is 2.13. The smallest absolute Gasteiger partial charge is 0.255 e. The molecule has 2 heterocycles. The normalized spacial score (nSPS) is 11.1. The summed E-state index contributed by atoms with van der Waals surface area (Å²) in [6.07, 6.45) is 1.57.